The lowest BCUT2D eigenvalue weighted by molar-refractivity contribution is -0.0945. The first-order valence-corrected chi connectivity index (χ1v) is 6.32. The van der Waals surface area contributed by atoms with Crippen LogP contribution in [0, 0.1) is 11.3 Å². The summed E-state index contributed by atoms with van der Waals surface area (Å²) < 4.78 is 5.23. The van der Waals surface area contributed by atoms with Crippen molar-refractivity contribution in [3.05, 3.63) is 0 Å². The van der Waals surface area contributed by atoms with E-state index in [4.69, 9.17) is 4.74 Å². The monoisotopic (exact) mass is 225 g/mol. The molecule has 0 amide bonds. The Morgan fingerprint density at radius 3 is 2.62 bits per heavy atom. The maximum atomic E-state index is 5.23. The average Bonchev–Trinajstić information content (AvgIpc) is 3.03. The number of hydrogen-bond acceptors (Lipinski definition) is 2. The Balaban J connectivity index is 1.76. The Labute approximate surface area is 97.9 Å². The first-order valence-electron chi connectivity index (χ1n) is 6.32. The van der Waals surface area contributed by atoms with Crippen LogP contribution in [-0.2, 0) is 4.74 Å². The maximum Gasteiger partial charge on any atom is 0.191 e. The van der Waals surface area contributed by atoms with Gasteiger partial charge in [-0.15, -0.1) is 0 Å². The summed E-state index contributed by atoms with van der Waals surface area (Å²) in [6.07, 6.45) is 2.75. The van der Waals surface area contributed by atoms with Crippen molar-refractivity contribution in [2.24, 2.45) is 16.3 Å². The standard InChI is InChI=1S/C12H23N3O/c1-3-13-11(14-6-10-4-5-10)15-7-12(2)8-16-9-12/h10H,3-9H2,1-2H3,(H2,13,14,15). The number of nitrogens with zero attached hydrogens (tertiary/aromatic N) is 1. The summed E-state index contributed by atoms with van der Waals surface area (Å²) in [6, 6.07) is 0. The molecule has 1 saturated heterocycles. The van der Waals surface area contributed by atoms with E-state index in [1.54, 1.807) is 0 Å². The van der Waals surface area contributed by atoms with Crippen molar-refractivity contribution in [3.8, 4) is 0 Å². The molecule has 0 aromatic carbocycles. The SMILES string of the molecule is CCNC(=NCC1(C)COC1)NCC1CC1. The number of aliphatic imine (C=N–C) groups is 1. The molecule has 1 heterocycles. The molecule has 4 nitrogen and oxygen atoms in total. The van der Waals surface area contributed by atoms with Gasteiger partial charge in [-0.3, -0.25) is 4.99 Å². The summed E-state index contributed by atoms with van der Waals surface area (Å²) in [5.74, 6) is 1.84. The summed E-state index contributed by atoms with van der Waals surface area (Å²) in [4.78, 5) is 4.62. The normalized spacial score (nSPS) is 23.8. The third-order valence-electron chi connectivity index (χ3n) is 3.12. The molecular formula is C12H23N3O. The van der Waals surface area contributed by atoms with Crippen LogP contribution in [0.2, 0.25) is 0 Å². The van der Waals surface area contributed by atoms with Gasteiger partial charge in [-0.05, 0) is 25.7 Å². The van der Waals surface area contributed by atoms with Gasteiger partial charge in [-0.25, -0.2) is 0 Å². The molecule has 0 radical (unpaired) electrons. The van der Waals surface area contributed by atoms with Gasteiger partial charge in [0.05, 0.1) is 19.8 Å². The molecule has 2 aliphatic rings. The van der Waals surface area contributed by atoms with Crippen molar-refractivity contribution < 1.29 is 4.74 Å². The van der Waals surface area contributed by atoms with E-state index in [0.717, 1.165) is 44.7 Å². The van der Waals surface area contributed by atoms with Gasteiger partial charge >= 0.3 is 0 Å². The first-order chi connectivity index (χ1) is 7.72. The lowest BCUT2D eigenvalue weighted by Crippen LogP contribution is -2.44. The zero-order chi connectivity index (χ0) is 11.4. The van der Waals surface area contributed by atoms with Crippen molar-refractivity contribution in [2.45, 2.75) is 26.7 Å². The minimum Gasteiger partial charge on any atom is -0.380 e. The first kappa shape index (κ1) is 11.7. The number of rotatable bonds is 5. The van der Waals surface area contributed by atoms with Crippen molar-refractivity contribution in [3.63, 3.8) is 0 Å². The summed E-state index contributed by atoms with van der Waals surface area (Å²) in [5.41, 5.74) is 0.266. The van der Waals surface area contributed by atoms with Crippen LogP contribution in [0.5, 0.6) is 0 Å². The topological polar surface area (TPSA) is 45.7 Å². The highest BCUT2D eigenvalue weighted by atomic mass is 16.5. The molecule has 4 heteroatoms. The molecule has 0 aromatic rings. The highest BCUT2D eigenvalue weighted by Gasteiger charge is 2.33. The fourth-order valence-electron chi connectivity index (χ4n) is 1.72. The Bertz CT molecular complexity index is 257. The van der Waals surface area contributed by atoms with Gasteiger partial charge in [-0.1, -0.05) is 6.92 Å². The molecule has 1 aliphatic carbocycles. The molecule has 2 N–H and O–H groups in total. The Morgan fingerprint density at radius 1 is 1.38 bits per heavy atom. The van der Waals surface area contributed by atoms with Crippen molar-refractivity contribution in [1.29, 1.82) is 0 Å². The average molecular weight is 225 g/mol. The lowest BCUT2D eigenvalue weighted by atomic mass is 9.89. The van der Waals surface area contributed by atoms with Crippen molar-refractivity contribution in [1.82, 2.24) is 10.6 Å². The van der Waals surface area contributed by atoms with Crippen LogP contribution in [0.1, 0.15) is 26.7 Å². The van der Waals surface area contributed by atoms with E-state index >= 15 is 0 Å². The molecule has 2 rings (SSSR count). The second kappa shape index (κ2) is 5.04. The molecule has 92 valence electrons. The van der Waals surface area contributed by atoms with Gasteiger partial charge in [-0.2, -0.15) is 0 Å². The second-order valence-electron chi connectivity index (χ2n) is 5.32. The van der Waals surface area contributed by atoms with Crippen LogP contribution in [0.4, 0.5) is 0 Å². The summed E-state index contributed by atoms with van der Waals surface area (Å²) in [6.45, 7) is 8.86. The highest BCUT2D eigenvalue weighted by molar-refractivity contribution is 5.79. The molecule has 1 aliphatic heterocycles. The molecule has 1 saturated carbocycles. The van der Waals surface area contributed by atoms with Crippen LogP contribution in [0.3, 0.4) is 0 Å². The number of ether oxygens (including phenoxy) is 1. The molecule has 2 fully saturated rings. The van der Waals surface area contributed by atoms with Crippen LogP contribution >= 0.6 is 0 Å². The third-order valence-corrected chi connectivity index (χ3v) is 3.12. The highest BCUT2D eigenvalue weighted by Crippen LogP contribution is 2.28. The second-order valence-corrected chi connectivity index (χ2v) is 5.32. The molecule has 16 heavy (non-hydrogen) atoms. The molecular weight excluding hydrogens is 202 g/mol. The van der Waals surface area contributed by atoms with E-state index in [9.17, 15) is 0 Å². The van der Waals surface area contributed by atoms with E-state index < -0.39 is 0 Å². The number of nitrogens with one attached hydrogen (secondary N) is 2. The fourth-order valence-corrected chi connectivity index (χ4v) is 1.72. The van der Waals surface area contributed by atoms with E-state index in [0.29, 0.717) is 0 Å². The van der Waals surface area contributed by atoms with Gasteiger partial charge in [0.25, 0.3) is 0 Å². The Kier molecular flexibility index (Phi) is 3.69. The Morgan fingerprint density at radius 2 is 2.12 bits per heavy atom. The summed E-state index contributed by atoms with van der Waals surface area (Å²) >= 11 is 0. The maximum absolute atomic E-state index is 5.23. The van der Waals surface area contributed by atoms with E-state index in [2.05, 4.69) is 29.5 Å². The van der Waals surface area contributed by atoms with Crippen molar-refractivity contribution in [2.75, 3.05) is 32.8 Å². The predicted octanol–water partition coefficient (Wildman–Crippen LogP) is 0.988. The predicted molar refractivity (Wildman–Crippen MR) is 65.6 cm³/mol. The van der Waals surface area contributed by atoms with Crippen molar-refractivity contribution >= 4 is 5.96 Å². The lowest BCUT2D eigenvalue weighted by Gasteiger charge is -2.36. The smallest absolute Gasteiger partial charge is 0.191 e. The fraction of sp³-hybridized carbons (Fsp3) is 0.917. The van der Waals surface area contributed by atoms with E-state index in [1.807, 2.05) is 0 Å². The number of guanidine groups is 1. The quantitative estimate of drug-likeness (QED) is 0.542. The molecule has 0 aromatic heterocycles. The van der Waals surface area contributed by atoms with Crippen LogP contribution in [0.25, 0.3) is 0 Å². The van der Waals surface area contributed by atoms with Gasteiger partial charge in [0, 0.05) is 18.5 Å². The molecule has 0 spiro atoms. The zero-order valence-electron chi connectivity index (χ0n) is 10.4. The van der Waals surface area contributed by atoms with Gasteiger partial charge < -0.3 is 15.4 Å². The van der Waals surface area contributed by atoms with Crippen LogP contribution in [0.15, 0.2) is 4.99 Å². The van der Waals surface area contributed by atoms with Crippen LogP contribution in [-0.4, -0.2) is 38.8 Å². The van der Waals surface area contributed by atoms with Gasteiger partial charge in [0.1, 0.15) is 0 Å². The summed E-state index contributed by atoms with van der Waals surface area (Å²) in [5, 5.41) is 6.69. The minimum absolute atomic E-state index is 0.266. The van der Waals surface area contributed by atoms with Crippen LogP contribution < -0.4 is 10.6 Å². The van der Waals surface area contributed by atoms with Gasteiger partial charge in [0.2, 0.25) is 0 Å². The van der Waals surface area contributed by atoms with E-state index in [1.165, 1.54) is 12.8 Å². The molecule has 0 unspecified atom stereocenters. The molecule has 0 bridgehead atoms. The largest absolute Gasteiger partial charge is 0.380 e. The Hall–Kier alpha value is -0.770. The van der Waals surface area contributed by atoms with E-state index in [-0.39, 0.29) is 5.41 Å². The summed E-state index contributed by atoms with van der Waals surface area (Å²) in [7, 11) is 0. The van der Waals surface area contributed by atoms with Gasteiger partial charge in [0.15, 0.2) is 5.96 Å². The third kappa shape index (κ3) is 3.37. The molecule has 0 atom stereocenters. The zero-order valence-corrected chi connectivity index (χ0v) is 10.4. The number of hydrogen-bond donors (Lipinski definition) is 2. The minimum atomic E-state index is 0.266.